The van der Waals surface area contributed by atoms with E-state index < -0.39 is 63.1 Å². The van der Waals surface area contributed by atoms with Gasteiger partial charge in [0.25, 0.3) is 5.91 Å². The molecule has 0 aliphatic heterocycles. The molecule has 1 heterocycles. The van der Waals surface area contributed by atoms with Gasteiger partial charge in [0.1, 0.15) is 6.04 Å². The van der Waals surface area contributed by atoms with E-state index in [1.807, 2.05) is 0 Å². The van der Waals surface area contributed by atoms with Gasteiger partial charge in [-0.05, 0) is 31.5 Å². The minimum atomic E-state index is -2.34. The van der Waals surface area contributed by atoms with Crippen LogP contribution in [0.2, 0.25) is 10.0 Å². The zero-order chi connectivity index (χ0) is 31.1. The van der Waals surface area contributed by atoms with Gasteiger partial charge in [0, 0.05) is 30.2 Å². The minimum Gasteiger partial charge on any atom is -0.480 e. The Bertz CT molecular complexity index is 1620. The van der Waals surface area contributed by atoms with Gasteiger partial charge in [-0.15, -0.1) is 0 Å². The predicted octanol–water partition coefficient (Wildman–Crippen LogP) is 6.53. The molecule has 1 unspecified atom stereocenters. The molecule has 0 radical (unpaired) electrons. The summed E-state index contributed by atoms with van der Waals surface area (Å²) in [6, 6.07) is 4.68. The van der Waals surface area contributed by atoms with Gasteiger partial charge in [0.2, 0.25) is 5.82 Å². The average Bonchev–Trinajstić information content (AvgIpc) is 2.94. The zero-order valence-electron chi connectivity index (χ0n) is 21.4. The Kier molecular flexibility index (Phi) is 8.86. The van der Waals surface area contributed by atoms with Gasteiger partial charge in [-0.2, -0.15) is 0 Å². The molecule has 15 heteroatoms. The zero-order valence-corrected chi connectivity index (χ0v) is 23.8. The van der Waals surface area contributed by atoms with Crippen molar-refractivity contribution >= 4 is 58.3 Å². The first-order valence-corrected chi connectivity index (χ1v) is 13.4. The van der Waals surface area contributed by atoms with Crippen molar-refractivity contribution in [3.05, 3.63) is 97.5 Å². The number of amides is 1. The monoisotopic (exact) mass is 645 g/mol. The average molecular weight is 646 g/mol. The quantitative estimate of drug-likeness (QED) is 0.138. The van der Waals surface area contributed by atoms with Crippen molar-refractivity contribution in [3.8, 4) is 0 Å². The number of Topliss-reactive ketones (excluding diaryl/α,β-unsaturated/α-hetero) is 1. The van der Waals surface area contributed by atoms with Crippen molar-refractivity contribution in [2.75, 3.05) is 5.32 Å². The van der Waals surface area contributed by atoms with Crippen LogP contribution in [0.3, 0.4) is 0 Å². The first-order valence-electron chi connectivity index (χ1n) is 11.8. The first-order chi connectivity index (χ1) is 19.6. The van der Waals surface area contributed by atoms with Gasteiger partial charge in [-0.1, -0.05) is 47.1 Å². The molecule has 0 spiro atoms. The number of halogens is 7. The van der Waals surface area contributed by atoms with Crippen LogP contribution in [-0.2, 0) is 16.0 Å². The number of pyridine rings is 1. The van der Waals surface area contributed by atoms with E-state index in [2.05, 4.69) is 15.6 Å². The fourth-order valence-electron chi connectivity index (χ4n) is 4.01. The maximum absolute atomic E-state index is 14.3. The van der Waals surface area contributed by atoms with E-state index in [0.717, 1.165) is 0 Å². The van der Waals surface area contributed by atoms with Gasteiger partial charge in [0.15, 0.2) is 29.1 Å². The van der Waals surface area contributed by atoms with Crippen molar-refractivity contribution in [1.29, 1.82) is 0 Å². The maximum atomic E-state index is 14.3. The van der Waals surface area contributed by atoms with Crippen molar-refractivity contribution in [3.63, 3.8) is 0 Å². The van der Waals surface area contributed by atoms with Crippen molar-refractivity contribution in [1.82, 2.24) is 10.3 Å². The first kappa shape index (κ1) is 31.3. The molecule has 1 aromatic heterocycles. The number of allylic oxidation sites excluding steroid dienone is 2. The molecule has 42 heavy (non-hydrogen) atoms. The molecule has 3 aromatic rings. The van der Waals surface area contributed by atoms with E-state index >= 15 is 0 Å². The third kappa shape index (κ3) is 5.81. The third-order valence-corrected chi connectivity index (χ3v) is 8.08. The summed E-state index contributed by atoms with van der Waals surface area (Å²) >= 11 is 12.0. The Hall–Kier alpha value is -3.68. The summed E-state index contributed by atoms with van der Waals surface area (Å²) in [4.78, 5) is 39.5. The summed E-state index contributed by atoms with van der Waals surface area (Å²) in [6.07, 6.45) is 2.36. The number of hydrogen-bond acceptors (Lipinski definition) is 6. The largest absolute Gasteiger partial charge is 0.480 e. The van der Waals surface area contributed by atoms with Gasteiger partial charge in [-0.25, -0.2) is 26.7 Å². The summed E-state index contributed by atoms with van der Waals surface area (Å²) in [5.41, 5.74) is -0.542. The SMILES string of the molecule is CC1(C)C(=O)C(Sc2c(F)c(F)c(F)c(F)c2F)=C1NC(Cc1ccc(NC(=O)c2c(Cl)cncc2Cl)cc1)C(=O)O. The van der Waals surface area contributed by atoms with Gasteiger partial charge >= 0.3 is 5.97 Å². The minimum absolute atomic E-state index is 0.0121. The number of carbonyl (C=O) groups is 3. The van der Waals surface area contributed by atoms with E-state index in [9.17, 15) is 41.4 Å². The molecule has 0 saturated carbocycles. The molecule has 0 saturated heterocycles. The molecule has 1 aliphatic carbocycles. The number of nitrogens with one attached hydrogen (secondary N) is 2. The summed E-state index contributed by atoms with van der Waals surface area (Å²) in [5.74, 6) is -13.6. The molecule has 1 aliphatic rings. The van der Waals surface area contributed by atoms with Crippen LogP contribution in [0, 0.1) is 34.5 Å². The van der Waals surface area contributed by atoms with Gasteiger partial charge in [-0.3, -0.25) is 14.6 Å². The molecule has 0 fully saturated rings. The second-order valence-electron chi connectivity index (χ2n) is 9.53. The third-order valence-electron chi connectivity index (χ3n) is 6.35. The number of aromatic nitrogens is 1. The van der Waals surface area contributed by atoms with Crippen LogP contribution in [0.25, 0.3) is 0 Å². The molecule has 0 bridgehead atoms. The van der Waals surface area contributed by atoms with Crippen LogP contribution in [0.5, 0.6) is 0 Å². The highest BCUT2D eigenvalue weighted by Gasteiger charge is 2.49. The molecular weight excluding hydrogens is 628 g/mol. The highest BCUT2D eigenvalue weighted by Crippen LogP contribution is 2.49. The molecule has 1 atom stereocenters. The molecule has 3 N–H and O–H groups in total. The molecule has 7 nitrogen and oxygen atoms in total. The fourth-order valence-corrected chi connectivity index (χ4v) is 5.87. The van der Waals surface area contributed by atoms with Gasteiger partial charge in [0.05, 0.1) is 30.8 Å². The Balaban J connectivity index is 1.55. The number of ketones is 1. The Morgan fingerprint density at radius 1 is 0.952 bits per heavy atom. The summed E-state index contributed by atoms with van der Waals surface area (Å²) in [6.45, 7) is 2.83. The molecule has 2 aromatic carbocycles. The van der Waals surface area contributed by atoms with Crippen LogP contribution in [0.1, 0.15) is 29.8 Å². The topological polar surface area (TPSA) is 108 Å². The van der Waals surface area contributed by atoms with Crippen molar-refractivity contribution < 1.29 is 41.4 Å². The van der Waals surface area contributed by atoms with Crippen LogP contribution < -0.4 is 10.6 Å². The van der Waals surface area contributed by atoms with Crippen LogP contribution >= 0.6 is 35.0 Å². The van der Waals surface area contributed by atoms with Crippen molar-refractivity contribution in [2.24, 2.45) is 5.41 Å². The number of carbonyl (C=O) groups excluding carboxylic acids is 2. The number of aliphatic carboxylic acids is 1. The number of rotatable bonds is 9. The Morgan fingerprint density at radius 3 is 2.00 bits per heavy atom. The van der Waals surface area contributed by atoms with E-state index in [-0.39, 0.29) is 44.4 Å². The number of nitrogens with zero attached hydrogens (tertiary/aromatic N) is 1. The fraction of sp³-hybridized carbons (Fsp3) is 0.185. The molecule has 1 amide bonds. The highest BCUT2D eigenvalue weighted by molar-refractivity contribution is 8.04. The van der Waals surface area contributed by atoms with E-state index in [0.29, 0.717) is 11.3 Å². The lowest BCUT2D eigenvalue weighted by Gasteiger charge is -2.40. The molecule has 4 rings (SSSR count). The second-order valence-corrected chi connectivity index (χ2v) is 11.4. The Labute approximate surface area is 249 Å². The number of thioether (sulfide) groups is 1. The molecular formula is C27H18Cl2F5N3O4S. The predicted molar refractivity (Wildman–Crippen MR) is 145 cm³/mol. The lowest BCUT2D eigenvalue weighted by Crippen LogP contribution is -2.50. The number of benzene rings is 2. The highest BCUT2D eigenvalue weighted by atomic mass is 35.5. The van der Waals surface area contributed by atoms with Crippen LogP contribution in [-0.4, -0.2) is 33.8 Å². The van der Waals surface area contributed by atoms with E-state index in [4.69, 9.17) is 23.2 Å². The standard InChI is InChI=1S/C27H18Cl2F5N3O4S/c1-27(2)23(22(24(27)38)42-21-19(33)17(31)16(30)18(32)20(21)34)37-14(26(40)41)7-10-3-5-11(6-4-10)36-25(39)15-12(28)8-35-9-13(15)29/h3-6,8-9,14,37H,7H2,1-2H3,(H,36,39)(H,40,41). The number of carboxylic acids is 1. The Morgan fingerprint density at radius 2 is 1.48 bits per heavy atom. The summed E-state index contributed by atoms with van der Waals surface area (Å²) in [7, 11) is 0. The van der Waals surface area contributed by atoms with Crippen LogP contribution in [0.15, 0.2) is 52.2 Å². The normalized spacial score (nSPS) is 14.8. The van der Waals surface area contributed by atoms with Crippen molar-refractivity contribution in [2.45, 2.75) is 31.2 Å². The maximum Gasteiger partial charge on any atom is 0.326 e. The van der Waals surface area contributed by atoms with Crippen LogP contribution in [0.4, 0.5) is 27.6 Å². The number of hydrogen-bond donors (Lipinski definition) is 3. The van der Waals surface area contributed by atoms with E-state index in [1.54, 1.807) is 0 Å². The smallest absolute Gasteiger partial charge is 0.326 e. The number of carboxylic acid groups (broad SMARTS) is 1. The number of anilines is 1. The van der Waals surface area contributed by atoms with E-state index in [1.165, 1.54) is 50.5 Å². The summed E-state index contributed by atoms with van der Waals surface area (Å²) in [5, 5.41) is 15.2. The second kappa shape index (κ2) is 11.9. The lowest BCUT2D eigenvalue weighted by atomic mass is 9.74. The van der Waals surface area contributed by atoms with Gasteiger partial charge < -0.3 is 15.7 Å². The summed E-state index contributed by atoms with van der Waals surface area (Å²) < 4.78 is 69.4. The lowest BCUT2D eigenvalue weighted by molar-refractivity contribution is -0.139. The molecule has 220 valence electrons.